The maximum atomic E-state index is 11.2. The SMILES string of the molecule is CC(C)C[C@H](Oc1nn(C)c2ccccc12)C(=O)O. The Balaban J connectivity index is 2.31. The second-order valence-electron chi connectivity index (χ2n) is 5.02. The minimum absolute atomic E-state index is 0.246. The van der Waals surface area contributed by atoms with E-state index in [-0.39, 0.29) is 5.92 Å². The number of rotatable bonds is 5. The molecule has 0 fully saturated rings. The molecule has 1 aromatic heterocycles. The third-order valence-electron chi connectivity index (χ3n) is 2.94. The number of carboxylic acid groups (broad SMARTS) is 1. The summed E-state index contributed by atoms with van der Waals surface area (Å²) in [7, 11) is 1.81. The van der Waals surface area contributed by atoms with E-state index in [2.05, 4.69) is 5.10 Å². The quantitative estimate of drug-likeness (QED) is 0.899. The fourth-order valence-electron chi connectivity index (χ4n) is 2.03. The zero-order valence-electron chi connectivity index (χ0n) is 11.3. The molecule has 0 amide bonds. The van der Waals surface area contributed by atoms with Crippen LogP contribution in [0.3, 0.4) is 0 Å². The van der Waals surface area contributed by atoms with Gasteiger partial charge in [0.15, 0.2) is 6.10 Å². The molecule has 0 spiro atoms. The molecule has 0 saturated carbocycles. The number of para-hydroxylation sites is 1. The van der Waals surface area contributed by atoms with E-state index in [1.807, 2.05) is 45.2 Å². The van der Waals surface area contributed by atoms with Gasteiger partial charge in [0.25, 0.3) is 0 Å². The van der Waals surface area contributed by atoms with Crippen LogP contribution in [0.15, 0.2) is 24.3 Å². The molecule has 2 rings (SSSR count). The van der Waals surface area contributed by atoms with Crippen LogP contribution in [-0.4, -0.2) is 27.0 Å². The van der Waals surface area contributed by atoms with Crippen molar-refractivity contribution < 1.29 is 14.6 Å². The van der Waals surface area contributed by atoms with Gasteiger partial charge in [0.1, 0.15) is 0 Å². The minimum Gasteiger partial charge on any atom is -0.479 e. The van der Waals surface area contributed by atoms with Gasteiger partial charge in [-0.15, -0.1) is 5.10 Å². The summed E-state index contributed by atoms with van der Waals surface area (Å²) in [5.74, 6) is -0.328. The number of nitrogens with zero attached hydrogens (tertiary/aromatic N) is 2. The second-order valence-corrected chi connectivity index (χ2v) is 5.02. The van der Waals surface area contributed by atoms with Crippen LogP contribution < -0.4 is 4.74 Å². The number of ether oxygens (including phenoxy) is 1. The zero-order valence-corrected chi connectivity index (χ0v) is 11.3. The van der Waals surface area contributed by atoms with Gasteiger partial charge in [0, 0.05) is 7.05 Å². The number of hydrogen-bond acceptors (Lipinski definition) is 3. The van der Waals surface area contributed by atoms with Gasteiger partial charge in [-0.1, -0.05) is 26.0 Å². The van der Waals surface area contributed by atoms with Gasteiger partial charge in [0.2, 0.25) is 5.88 Å². The van der Waals surface area contributed by atoms with E-state index in [9.17, 15) is 9.90 Å². The fraction of sp³-hybridized carbons (Fsp3) is 0.429. The Labute approximate surface area is 111 Å². The van der Waals surface area contributed by atoms with Crippen LogP contribution in [0.4, 0.5) is 0 Å². The molecule has 19 heavy (non-hydrogen) atoms. The summed E-state index contributed by atoms with van der Waals surface area (Å²) in [6.45, 7) is 3.94. The highest BCUT2D eigenvalue weighted by Gasteiger charge is 2.23. The normalized spacial score (nSPS) is 12.8. The van der Waals surface area contributed by atoms with Gasteiger partial charge in [-0.2, -0.15) is 0 Å². The second kappa shape index (κ2) is 5.30. The summed E-state index contributed by atoms with van der Waals surface area (Å²) in [6.07, 6.45) is -0.404. The number of carboxylic acids is 1. The van der Waals surface area contributed by atoms with E-state index in [4.69, 9.17) is 4.74 Å². The Hall–Kier alpha value is -2.04. The van der Waals surface area contributed by atoms with Crippen molar-refractivity contribution >= 4 is 16.9 Å². The first-order valence-electron chi connectivity index (χ1n) is 6.30. The highest BCUT2D eigenvalue weighted by molar-refractivity contribution is 5.85. The zero-order chi connectivity index (χ0) is 14.0. The number of hydrogen-bond donors (Lipinski definition) is 1. The summed E-state index contributed by atoms with van der Waals surface area (Å²) in [5, 5.41) is 14.3. The van der Waals surface area contributed by atoms with Gasteiger partial charge in [-0.25, -0.2) is 4.79 Å². The Morgan fingerprint density at radius 1 is 1.42 bits per heavy atom. The van der Waals surface area contributed by atoms with Crippen molar-refractivity contribution in [1.29, 1.82) is 0 Å². The molecule has 1 atom stereocenters. The van der Waals surface area contributed by atoms with Crippen LogP contribution >= 0.6 is 0 Å². The molecule has 1 heterocycles. The molecule has 2 aromatic rings. The number of aryl methyl sites for hydroxylation is 1. The average molecular weight is 262 g/mol. The number of aromatic nitrogens is 2. The standard InChI is InChI=1S/C14H18N2O3/c1-9(2)8-12(14(17)18)19-13-10-6-4-5-7-11(10)16(3)15-13/h4-7,9,12H,8H2,1-3H3,(H,17,18)/t12-/m0/s1. The molecular weight excluding hydrogens is 244 g/mol. The highest BCUT2D eigenvalue weighted by atomic mass is 16.5. The third kappa shape index (κ3) is 2.86. The molecule has 102 valence electrons. The highest BCUT2D eigenvalue weighted by Crippen LogP contribution is 2.25. The van der Waals surface area contributed by atoms with E-state index in [1.165, 1.54) is 0 Å². The van der Waals surface area contributed by atoms with Gasteiger partial charge < -0.3 is 9.84 Å². The van der Waals surface area contributed by atoms with Crippen molar-refractivity contribution in [2.24, 2.45) is 13.0 Å². The van der Waals surface area contributed by atoms with Gasteiger partial charge >= 0.3 is 5.97 Å². The molecule has 1 N–H and O–H groups in total. The molecule has 0 bridgehead atoms. The van der Waals surface area contributed by atoms with Crippen molar-refractivity contribution in [1.82, 2.24) is 9.78 Å². The maximum absolute atomic E-state index is 11.2. The smallest absolute Gasteiger partial charge is 0.344 e. The topological polar surface area (TPSA) is 64.4 Å². The Kier molecular flexibility index (Phi) is 3.74. The van der Waals surface area contributed by atoms with E-state index in [1.54, 1.807) is 4.68 Å². The van der Waals surface area contributed by atoms with Crippen LogP contribution in [0.25, 0.3) is 10.9 Å². The van der Waals surface area contributed by atoms with Gasteiger partial charge in [-0.05, 0) is 24.5 Å². The summed E-state index contributed by atoms with van der Waals surface area (Å²) in [6, 6.07) is 7.60. The number of benzene rings is 1. The lowest BCUT2D eigenvalue weighted by molar-refractivity contribution is -0.145. The van der Waals surface area contributed by atoms with E-state index in [0.717, 1.165) is 10.9 Å². The van der Waals surface area contributed by atoms with Crippen LogP contribution in [0.1, 0.15) is 20.3 Å². The van der Waals surface area contributed by atoms with Crippen molar-refractivity contribution in [2.75, 3.05) is 0 Å². The van der Waals surface area contributed by atoms with Gasteiger partial charge in [-0.3, -0.25) is 4.68 Å². The molecule has 0 saturated heterocycles. The third-order valence-corrected chi connectivity index (χ3v) is 2.94. The first-order valence-corrected chi connectivity index (χ1v) is 6.30. The van der Waals surface area contributed by atoms with Crippen molar-refractivity contribution in [3.8, 4) is 5.88 Å². The summed E-state index contributed by atoms with van der Waals surface area (Å²) in [4.78, 5) is 11.2. The summed E-state index contributed by atoms with van der Waals surface area (Å²) >= 11 is 0. The van der Waals surface area contributed by atoms with Crippen LogP contribution in [0, 0.1) is 5.92 Å². The predicted molar refractivity (Wildman–Crippen MR) is 72.2 cm³/mol. The Bertz CT molecular complexity index is 589. The Morgan fingerprint density at radius 2 is 2.11 bits per heavy atom. The van der Waals surface area contributed by atoms with E-state index >= 15 is 0 Å². The summed E-state index contributed by atoms with van der Waals surface area (Å²) < 4.78 is 7.28. The molecular formula is C14H18N2O3. The van der Waals surface area contributed by atoms with Crippen molar-refractivity contribution in [2.45, 2.75) is 26.4 Å². The predicted octanol–water partition coefficient (Wildman–Crippen LogP) is 2.45. The number of fused-ring (bicyclic) bond motifs is 1. The summed E-state index contributed by atoms with van der Waals surface area (Å²) in [5.41, 5.74) is 0.922. The molecule has 0 unspecified atom stereocenters. The monoisotopic (exact) mass is 262 g/mol. The Morgan fingerprint density at radius 3 is 2.74 bits per heavy atom. The lowest BCUT2D eigenvalue weighted by Gasteiger charge is -2.15. The molecule has 0 radical (unpaired) electrons. The molecule has 0 aliphatic rings. The number of aliphatic carboxylic acids is 1. The van der Waals surface area contributed by atoms with Crippen molar-refractivity contribution in [3.63, 3.8) is 0 Å². The molecule has 5 heteroatoms. The molecule has 5 nitrogen and oxygen atoms in total. The lowest BCUT2D eigenvalue weighted by atomic mass is 10.1. The van der Waals surface area contributed by atoms with E-state index in [0.29, 0.717) is 12.3 Å². The molecule has 0 aliphatic carbocycles. The minimum atomic E-state index is -0.955. The first kappa shape index (κ1) is 13.4. The largest absolute Gasteiger partial charge is 0.479 e. The number of carbonyl (C=O) groups is 1. The fourth-order valence-corrected chi connectivity index (χ4v) is 2.03. The average Bonchev–Trinajstić information content (AvgIpc) is 2.66. The van der Waals surface area contributed by atoms with Crippen LogP contribution in [-0.2, 0) is 11.8 Å². The van der Waals surface area contributed by atoms with Gasteiger partial charge in [0.05, 0.1) is 10.9 Å². The lowest BCUT2D eigenvalue weighted by Crippen LogP contribution is -2.28. The first-order chi connectivity index (χ1) is 8.99. The van der Waals surface area contributed by atoms with Crippen molar-refractivity contribution in [3.05, 3.63) is 24.3 Å². The molecule has 1 aromatic carbocycles. The maximum Gasteiger partial charge on any atom is 0.344 e. The molecule has 0 aliphatic heterocycles. The van der Waals surface area contributed by atoms with Crippen LogP contribution in [0.2, 0.25) is 0 Å². The van der Waals surface area contributed by atoms with Crippen LogP contribution in [0.5, 0.6) is 5.88 Å². The van der Waals surface area contributed by atoms with E-state index < -0.39 is 12.1 Å².